The summed E-state index contributed by atoms with van der Waals surface area (Å²) in [5.74, 6) is 0. The van der Waals surface area contributed by atoms with Crippen molar-refractivity contribution in [3.05, 3.63) is 28.7 Å². The van der Waals surface area contributed by atoms with Crippen molar-refractivity contribution in [1.82, 2.24) is 9.47 Å². The third-order valence-electron chi connectivity index (χ3n) is 3.16. The van der Waals surface area contributed by atoms with Gasteiger partial charge >= 0.3 is 0 Å². The Bertz CT molecular complexity index is 448. The van der Waals surface area contributed by atoms with Crippen LogP contribution in [0.4, 0.5) is 5.69 Å². The first-order valence-corrected chi connectivity index (χ1v) is 6.38. The predicted molar refractivity (Wildman–Crippen MR) is 71.6 cm³/mol. The van der Waals surface area contributed by atoms with Crippen molar-refractivity contribution < 1.29 is 4.74 Å². The molecule has 2 rings (SSSR count). The first-order chi connectivity index (χ1) is 8.54. The van der Waals surface area contributed by atoms with Gasteiger partial charge in [-0.2, -0.15) is 0 Å². The lowest BCUT2D eigenvalue weighted by Crippen LogP contribution is -2.46. The molecule has 0 unspecified atom stereocenters. The van der Waals surface area contributed by atoms with Crippen molar-refractivity contribution in [3.63, 3.8) is 0 Å². The minimum Gasteiger partial charge on any atom is -0.398 e. The first-order valence-electron chi connectivity index (χ1n) is 6.38. The Labute approximate surface area is 107 Å². The van der Waals surface area contributed by atoms with Gasteiger partial charge in [0.25, 0.3) is 5.56 Å². The van der Waals surface area contributed by atoms with Crippen LogP contribution in [0.1, 0.15) is 13.8 Å². The Hall–Kier alpha value is -1.33. The molecule has 0 aromatic carbocycles. The molecule has 18 heavy (non-hydrogen) atoms. The van der Waals surface area contributed by atoms with E-state index in [-0.39, 0.29) is 17.8 Å². The van der Waals surface area contributed by atoms with E-state index in [2.05, 4.69) is 18.7 Å². The molecule has 0 aliphatic carbocycles. The number of anilines is 1. The number of aromatic nitrogens is 1. The van der Waals surface area contributed by atoms with E-state index in [1.165, 1.54) is 6.07 Å². The second-order valence-corrected chi connectivity index (χ2v) is 5.01. The molecule has 2 atom stereocenters. The van der Waals surface area contributed by atoms with E-state index in [4.69, 9.17) is 10.5 Å². The fraction of sp³-hybridized carbons (Fsp3) is 0.615. The highest BCUT2D eigenvalue weighted by Crippen LogP contribution is 2.10. The molecule has 1 aromatic heterocycles. The molecule has 0 radical (unpaired) electrons. The highest BCUT2D eigenvalue weighted by Gasteiger charge is 2.21. The van der Waals surface area contributed by atoms with Crippen molar-refractivity contribution in [2.45, 2.75) is 32.6 Å². The van der Waals surface area contributed by atoms with Crippen molar-refractivity contribution >= 4 is 5.69 Å². The predicted octanol–water partition coefficient (Wildman–Crippen LogP) is 0.540. The zero-order valence-corrected chi connectivity index (χ0v) is 11.0. The van der Waals surface area contributed by atoms with E-state index in [0.29, 0.717) is 12.2 Å². The summed E-state index contributed by atoms with van der Waals surface area (Å²) in [5, 5.41) is 0. The number of rotatable bonds is 3. The maximum atomic E-state index is 11.6. The number of hydrogen-bond donors (Lipinski definition) is 1. The molecule has 0 amide bonds. The van der Waals surface area contributed by atoms with Crippen LogP contribution in [0, 0.1) is 0 Å². The van der Waals surface area contributed by atoms with Crippen LogP contribution in [0.3, 0.4) is 0 Å². The van der Waals surface area contributed by atoms with Gasteiger partial charge in [0.2, 0.25) is 0 Å². The van der Waals surface area contributed by atoms with Gasteiger partial charge in [-0.1, -0.05) is 0 Å². The summed E-state index contributed by atoms with van der Waals surface area (Å²) in [6.45, 7) is 7.51. The van der Waals surface area contributed by atoms with Gasteiger partial charge in [0, 0.05) is 44.1 Å². The molecule has 2 heterocycles. The van der Waals surface area contributed by atoms with Crippen molar-refractivity contribution in [2.75, 3.05) is 25.4 Å². The molecule has 1 aliphatic rings. The molecule has 100 valence electrons. The Balaban J connectivity index is 1.95. The number of nitrogens with two attached hydrogens (primary N) is 1. The molecule has 5 nitrogen and oxygen atoms in total. The van der Waals surface area contributed by atoms with Crippen LogP contribution in [0.5, 0.6) is 0 Å². The number of hydrogen-bond acceptors (Lipinski definition) is 4. The third kappa shape index (κ3) is 3.34. The van der Waals surface area contributed by atoms with E-state index < -0.39 is 0 Å². The Morgan fingerprint density at radius 2 is 1.94 bits per heavy atom. The quantitative estimate of drug-likeness (QED) is 0.852. The lowest BCUT2D eigenvalue weighted by atomic mass is 10.2. The Morgan fingerprint density at radius 1 is 1.28 bits per heavy atom. The van der Waals surface area contributed by atoms with Crippen LogP contribution in [0.25, 0.3) is 0 Å². The molecule has 0 saturated carbocycles. The van der Waals surface area contributed by atoms with Crippen molar-refractivity contribution in [2.24, 2.45) is 0 Å². The summed E-state index contributed by atoms with van der Waals surface area (Å²) >= 11 is 0. The fourth-order valence-corrected chi connectivity index (χ4v) is 2.44. The van der Waals surface area contributed by atoms with Gasteiger partial charge in [0.1, 0.15) is 0 Å². The number of nitrogen functional groups attached to an aromatic ring is 1. The molecule has 5 heteroatoms. The van der Waals surface area contributed by atoms with Crippen molar-refractivity contribution in [3.8, 4) is 0 Å². The van der Waals surface area contributed by atoms with Gasteiger partial charge in [0.05, 0.1) is 12.2 Å². The van der Waals surface area contributed by atoms with Crippen LogP contribution in [0.15, 0.2) is 23.1 Å². The van der Waals surface area contributed by atoms with Gasteiger partial charge < -0.3 is 15.0 Å². The summed E-state index contributed by atoms with van der Waals surface area (Å²) < 4.78 is 7.35. The molecule has 0 bridgehead atoms. The highest BCUT2D eigenvalue weighted by atomic mass is 16.5. The maximum Gasteiger partial charge on any atom is 0.250 e. The van der Waals surface area contributed by atoms with Crippen LogP contribution in [-0.2, 0) is 11.3 Å². The second kappa shape index (κ2) is 5.54. The van der Waals surface area contributed by atoms with E-state index in [0.717, 1.165) is 19.6 Å². The van der Waals surface area contributed by atoms with Gasteiger partial charge in [0.15, 0.2) is 0 Å². The van der Waals surface area contributed by atoms with Crippen LogP contribution < -0.4 is 11.3 Å². The maximum absolute atomic E-state index is 11.6. The summed E-state index contributed by atoms with van der Waals surface area (Å²) in [7, 11) is 0. The molecule has 1 fully saturated rings. The fourth-order valence-electron chi connectivity index (χ4n) is 2.44. The normalized spacial score (nSPS) is 25.2. The SMILES string of the molecule is C[C@@H]1CN(CCn2cc(N)ccc2=O)C[C@H](C)O1. The number of nitrogens with zero attached hydrogens (tertiary/aromatic N) is 2. The number of ether oxygens (including phenoxy) is 1. The summed E-state index contributed by atoms with van der Waals surface area (Å²) in [5.41, 5.74) is 6.31. The first kappa shape index (κ1) is 13.1. The zero-order chi connectivity index (χ0) is 13.1. The van der Waals surface area contributed by atoms with E-state index in [1.807, 2.05) is 0 Å². The van der Waals surface area contributed by atoms with Crippen LogP contribution >= 0.6 is 0 Å². The molecular formula is C13H21N3O2. The highest BCUT2D eigenvalue weighted by molar-refractivity contribution is 5.33. The van der Waals surface area contributed by atoms with Crippen LogP contribution in [-0.4, -0.2) is 41.3 Å². The summed E-state index contributed by atoms with van der Waals surface area (Å²) in [6, 6.07) is 3.15. The number of pyridine rings is 1. The van der Waals surface area contributed by atoms with Gasteiger partial charge in [-0.3, -0.25) is 9.69 Å². The van der Waals surface area contributed by atoms with Gasteiger partial charge in [-0.15, -0.1) is 0 Å². The Kier molecular flexibility index (Phi) is 4.04. The topological polar surface area (TPSA) is 60.5 Å². The lowest BCUT2D eigenvalue weighted by Gasteiger charge is -2.35. The minimum atomic E-state index is -0.00134. The number of morpholine rings is 1. The van der Waals surface area contributed by atoms with E-state index in [9.17, 15) is 4.79 Å². The standard InChI is InChI=1S/C13H21N3O2/c1-10-7-15(8-11(2)18-10)5-6-16-9-12(14)3-4-13(16)17/h3-4,9-11H,5-8,14H2,1-2H3/t10-,11+. The van der Waals surface area contributed by atoms with E-state index in [1.54, 1.807) is 16.8 Å². The summed E-state index contributed by atoms with van der Waals surface area (Å²) in [6.07, 6.45) is 2.22. The van der Waals surface area contributed by atoms with Gasteiger partial charge in [-0.25, -0.2) is 0 Å². The average Bonchev–Trinajstić information content (AvgIpc) is 2.29. The van der Waals surface area contributed by atoms with E-state index >= 15 is 0 Å². The zero-order valence-electron chi connectivity index (χ0n) is 11.0. The molecular weight excluding hydrogens is 230 g/mol. The van der Waals surface area contributed by atoms with Crippen molar-refractivity contribution in [1.29, 1.82) is 0 Å². The third-order valence-corrected chi connectivity index (χ3v) is 3.16. The Morgan fingerprint density at radius 3 is 2.61 bits per heavy atom. The smallest absolute Gasteiger partial charge is 0.250 e. The molecule has 1 aliphatic heterocycles. The molecule has 2 N–H and O–H groups in total. The molecule has 0 spiro atoms. The largest absolute Gasteiger partial charge is 0.398 e. The second-order valence-electron chi connectivity index (χ2n) is 5.01. The van der Waals surface area contributed by atoms with Gasteiger partial charge in [-0.05, 0) is 19.9 Å². The minimum absolute atomic E-state index is 0.00134. The van der Waals surface area contributed by atoms with Crippen LogP contribution in [0.2, 0.25) is 0 Å². The monoisotopic (exact) mass is 251 g/mol. The summed E-state index contributed by atoms with van der Waals surface area (Å²) in [4.78, 5) is 14.0. The molecule has 1 aromatic rings. The molecule has 1 saturated heterocycles. The average molecular weight is 251 g/mol. The lowest BCUT2D eigenvalue weighted by molar-refractivity contribution is -0.0686.